The number of aromatic nitrogens is 1. The lowest BCUT2D eigenvalue weighted by molar-refractivity contribution is -0.117. The molecule has 0 aliphatic heterocycles. The summed E-state index contributed by atoms with van der Waals surface area (Å²) in [5.41, 5.74) is 3.19. The van der Waals surface area contributed by atoms with Crippen molar-refractivity contribution in [3.05, 3.63) is 39.8 Å². The maximum atomic E-state index is 12.3. The molecular formula is C19H23N3O2S. The minimum atomic E-state index is -0.102. The Hall–Kier alpha value is -2.21. The molecule has 1 aliphatic carbocycles. The van der Waals surface area contributed by atoms with Crippen LogP contribution in [0.25, 0.3) is 0 Å². The molecular weight excluding hydrogens is 334 g/mol. The van der Waals surface area contributed by atoms with Gasteiger partial charge in [-0.05, 0) is 37.5 Å². The molecule has 1 aromatic carbocycles. The highest BCUT2D eigenvalue weighted by Crippen LogP contribution is 2.31. The maximum Gasteiger partial charge on any atom is 0.230 e. The fourth-order valence-corrected chi connectivity index (χ4v) is 3.29. The summed E-state index contributed by atoms with van der Waals surface area (Å²) in [5.74, 6) is 0.481. The fraction of sp³-hybridized carbons (Fsp3) is 0.421. The molecule has 1 aliphatic rings. The zero-order chi connectivity index (χ0) is 18.0. The Labute approximate surface area is 151 Å². The summed E-state index contributed by atoms with van der Waals surface area (Å²) in [4.78, 5) is 28.7. The van der Waals surface area contributed by atoms with Crippen molar-refractivity contribution in [3.8, 4) is 0 Å². The van der Waals surface area contributed by atoms with Crippen LogP contribution in [0.3, 0.4) is 0 Å². The van der Waals surface area contributed by atoms with Gasteiger partial charge in [0.25, 0.3) is 0 Å². The van der Waals surface area contributed by atoms with E-state index in [0.29, 0.717) is 11.6 Å². The van der Waals surface area contributed by atoms with E-state index in [-0.39, 0.29) is 24.2 Å². The van der Waals surface area contributed by atoms with Crippen LogP contribution in [0.4, 0.5) is 11.4 Å². The van der Waals surface area contributed by atoms with E-state index in [9.17, 15) is 9.59 Å². The second-order valence-corrected chi connectivity index (χ2v) is 7.74. The number of aryl methyl sites for hydroxylation is 1. The predicted molar refractivity (Wildman–Crippen MR) is 101 cm³/mol. The van der Waals surface area contributed by atoms with E-state index in [1.807, 2.05) is 30.5 Å². The first kappa shape index (κ1) is 17.6. The Morgan fingerprint density at radius 2 is 2.04 bits per heavy atom. The number of thiazole rings is 1. The summed E-state index contributed by atoms with van der Waals surface area (Å²) < 4.78 is 0. The Morgan fingerprint density at radius 3 is 2.68 bits per heavy atom. The Balaban J connectivity index is 1.64. The van der Waals surface area contributed by atoms with E-state index in [4.69, 9.17) is 0 Å². The second-order valence-electron chi connectivity index (χ2n) is 6.85. The van der Waals surface area contributed by atoms with Gasteiger partial charge >= 0.3 is 0 Å². The Morgan fingerprint density at radius 1 is 1.28 bits per heavy atom. The van der Waals surface area contributed by atoms with E-state index in [1.54, 1.807) is 11.3 Å². The zero-order valence-electron chi connectivity index (χ0n) is 14.8. The minimum Gasteiger partial charge on any atom is -0.326 e. The van der Waals surface area contributed by atoms with Crippen LogP contribution < -0.4 is 10.6 Å². The number of benzene rings is 1. The molecule has 132 valence electrons. The molecule has 2 amide bonds. The van der Waals surface area contributed by atoms with Gasteiger partial charge in [-0.15, -0.1) is 11.3 Å². The molecule has 0 radical (unpaired) electrons. The van der Waals surface area contributed by atoms with E-state index in [0.717, 1.165) is 34.8 Å². The normalized spacial score (nSPS) is 13.8. The van der Waals surface area contributed by atoms with Gasteiger partial charge < -0.3 is 10.6 Å². The molecule has 1 heterocycles. The molecule has 0 saturated heterocycles. The summed E-state index contributed by atoms with van der Waals surface area (Å²) in [5, 5.41) is 8.82. The van der Waals surface area contributed by atoms with Gasteiger partial charge in [0.2, 0.25) is 11.8 Å². The number of nitrogens with zero attached hydrogens (tertiary/aromatic N) is 1. The van der Waals surface area contributed by atoms with Crippen LogP contribution in [-0.2, 0) is 16.0 Å². The van der Waals surface area contributed by atoms with E-state index in [1.165, 1.54) is 0 Å². The summed E-state index contributed by atoms with van der Waals surface area (Å²) in [6.45, 7) is 6.11. The van der Waals surface area contributed by atoms with Gasteiger partial charge in [0.15, 0.2) is 0 Å². The van der Waals surface area contributed by atoms with Gasteiger partial charge in [0, 0.05) is 28.6 Å². The summed E-state index contributed by atoms with van der Waals surface area (Å²) in [6.07, 6.45) is 2.18. The predicted octanol–water partition coefficient (Wildman–Crippen LogP) is 4.10. The number of amides is 2. The van der Waals surface area contributed by atoms with Crippen molar-refractivity contribution in [1.29, 1.82) is 0 Å². The van der Waals surface area contributed by atoms with Crippen LogP contribution in [0.15, 0.2) is 23.6 Å². The van der Waals surface area contributed by atoms with Crippen LogP contribution in [-0.4, -0.2) is 16.8 Å². The standard InChI is InChI=1S/C19H23N3O2S/c1-11(2)19-21-15(10-25-19)9-17(23)22-16-8-14(7-4-12(16)3)20-18(24)13-5-6-13/h4,7-8,10-11,13H,5-6,9H2,1-3H3,(H,20,24)(H,22,23). The van der Waals surface area contributed by atoms with Gasteiger partial charge in [-0.2, -0.15) is 0 Å². The molecule has 25 heavy (non-hydrogen) atoms. The van der Waals surface area contributed by atoms with Gasteiger partial charge in [-0.1, -0.05) is 19.9 Å². The van der Waals surface area contributed by atoms with Crippen LogP contribution in [0, 0.1) is 12.8 Å². The highest BCUT2D eigenvalue weighted by atomic mass is 32.1. The summed E-state index contributed by atoms with van der Waals surface area (Å²) >= 11 is 1.59. The Bertz CT molecular complexity index is 794. The SMILES string of the molecule is Cc1ccc(NC(=O)C2CC2)cc1NC(=O)Cc1csc(C(C)C)n1. The fourth-order valence-electron chi connectivity index (χ4n) is 2.45. The van der Waals surface area contributed by atoms with Gasteiger partial charge in [0.1, 0.15) is 0 Å². The highest BCUT2D eigenvalue weighted by Gasteiger charge is 2.29. The minimum absolute atomic E-state index is 0.0600. The first-order valence-corrected chi connectivity index (χ1v) is 9.46. The third-order valence-electron chi connectivity index (χ3n) is 4.13. The monoisotopic (exact) mass is 357 g/mol. The quantitative estimate of drug-likeness (QED) is 0.817. The molecule has 0 spiro atoms. The van der Waals surface area contributed by atoms with Crippen molar-refractivity contribution in [2.45, 2.75) is 46.0 Å². The molecule has 0 unspecified atom stereocenters. The third kappa shape index (κ3) is 4.66. The molecule has 0 atom stereocenters. The zero-order valence-corrected chi connectivity index (χ0v) is 15.6. The Kier molecular flexibility index (Phi) is 5.18. The molecule has 3 rings (SSSR count). The molecule has 6 heteroatoms. The van der Waals surface area contributed by atoms with E-state index in [2.05, 4.69) is 29.5 Å². The molecule has 1 fully saturated rings. The maximum absolute atomic E-state index is 12.3. The number of anilines is 2. The molecule has 0 bridgehead atoms. The van der Waals surface area contributed by atoms with Crippen molar-refractivity contribution in [3.63, 3.8) is 0 Å². The lowest BCUT2D eigenvalue weighted by atomic mass is 10.1. The number of hydrogen-bond acceptors (Lipinski definition) is 4. The van der Waals surface area contributed by atoms with Gasteiger partial charge in [-0.25, -0.2) is 4.98 Å². The topological polar surface area (TPSA) is 71.1 Å². The first-order chi connectivity index (χ1) is 11.9. The smallest absolute Gasteiger partial charge is 0.230 e. The van der Waals surface area contributed by atoms with Crippen LogP contribution in [0.1, 0.15) is 48.9 Å². The van der Waals surface area contributed by atoms with Crippen LogP contribution in [0.5, 0.6) is 0 Å². The molecule has 2 aromatic rings. The lowest BCUT2D eigenvalue weighted by Crippen LogP contribution is -2.17. The average molecular weight is 357 g/mol. The van der Waals surface area contributed by atoms with Crippen LogP contribution >= 0.6 is 11.3 Å². The average Bonchev–Trinajstić information content (AvgIpc) is 3.30. The number of hydrogen-bond donors (Lipinski definition) is 2. The number of rotatable bonds is 6. The summed E-state index contributed by atoms with van der Waals surface area (Å²) in [6, 6.07) is 5.58. The largest absolute Gasteiger partial charge is 0.326 e. The third-order valence-corrected chi connectivity index (χ3v) is 5.33. The van der Waals surface area contributed by atoms with Crippen LogP contribution in [0.2, 0.25) is 0 Å². The molecule has 1 aromatic heterocycles. The lowest BCUT2D eigenvalue weighted by Gasteiger charge is -2.11. The van der Waals surface area contributed by atoms with Crippen molar-refractivity contribution in [2.24, 2.45) is 5.92 Å². The molecule has 5 nitrogen and oxygen atoms in total. The van der Waals surface area contributed by atoms with Crippen molar-refractivity contribution < 1.29 is 9.59 Å². The van der Waals surface area contributed by atoms with Crippen molar-refractivity contribution >= 4 is 34.5 Å². The van der Waals surface area contributed by atoms with Crippen molar-refractivity contribution in [1.82, 2.24) is 4.98 Å². The van der Waals surface area contributed by atoms with E-state index < -0.39 is 0 Å². The van der Waals surface area contributed by atoms with Crippen molar-refractivity contribution in [2.75, 3.05) is 10.6 Å². The number of carbonyl (C=O) groups excluding carboxylic acids is 2. The molecule has 1 saturated carbocycles. The highest BCUT2D eigenvalue weighted by molar-refractivity contribution is 7.09. The van der Waals surface area contributed by atoms with Gasteiger partial charge in [0.05, 0.1) is 17.1 Å². The van der Waals surface area contributed by atoms with E-state index >= 15 is 0 Å². The number of carbonyl (C=O) groups is 2. The van der Waals surface area contributed by atoms with Gasteiger partial charge in [-0.3, -0.25) is 9.59 Å². The first-order valence-electron chi connectivity index (χ1n) is 8.58. The number of nitrogens with one attached hydrogen (secondary N) is 2. The molecule has 2 N–H and O–H groups in total. The summed E-state index contributed by atoms with van der Waals surface area (Å²) in [7, 11) is 0. The second kappa shape index (κ2) is 7.35.